The van der Waals surface area contributed by atoms with Gasteiger partial charge in [-0.1, -0.05) is 82.3 Å². The van der Waals surface area contributed by atoms with Crippen LogP contribution in [0.2, 0.25) is 0 Å². The fourth-order valence-corrected chi connectivity index (χ4v) is 4.13. The van der Waals surface area contributed by atoms with Crippen LogP contribution in [0.25, 0.3) is 22.3 Å². The number of hydrogen-bond donors (Lipinski definition) is 1. The fourth-order valence-electron chi connectivity index (χ4n) is 4.13. The van der Waals surface area contributed by atoms with Gasteiger partial charge in [-0.05, 0) is 45.4 Å². The Morgan fingerprint density at radius 2 is 1.44 bits per heavy atom. The molecule has 1 heteroatoms. The van der Waals surface area contributed by atoms with Gasteiger partial charge in [0.2, 0.25) is 0 Å². The highest BCUT2D eigenvalue weighted by atomic mass is 16.3. The van der Waals surface area contributed by atoms with Gasteiger partial charge < -0.3 is 5.11 Å². The van der Waals surface area contributed by atoms with Crippen LogP contribution >= 0.6 is 0 Å². The largest absolute Gasteiger partial charge is 0.507 e. The Morgan fingerprint density at radius 1 is 0.760 bits per heavy atom. The molecule has 0 spiro atoms. The summed E-state index contributed by atoms with van der Waals surface area (Å²) in [4.78, 5) is 0. The van der Waals surface area contributed by atoms with E-state index in [-0.39, 0.29) is 5.41 Å². The van der Waals surface area contributed by atoms with Gasteiger partial charge in [-0.3, -0.25) is 0 Å². The lowest BCUT2D eigenvalue weighted by Crippen LogP contribution is -2.14. The van der Waals surface area contributed by atoms with E-state index in [1.165, 1.54) is 22.3 Å². The molecular weight excluding hydrogens is 304 g/mol. The Balaban J connectivity index is 1.90. The van der Waals surface area contributed by atoms with E-state index in [0.29, 0.717) is 11.7 Å². The van der Waals surface area contributed by atoms with Crippen molar-refractivity contribution in [1.82, 2.24) is 0 Å². The summed E-state index contributed by atoms with van der Waals surface area (Å²) in [5.74, 6) is 0.709. The van der Waals surface area contributed by atoms with Crippen molar-refractivity contribution < 1.29 is 5.11 Å². The maximum Gasteiger partial charge on any atom is 0.126 e. The van der Waals surface area contributed by atoms with Gasteiger partial charge in [0.1, 0.15) is 5.75 Å². The monoisotopic (exact) mass is 328 g/mol. The molecule has 0 aliphatic heterocycles. The van der Waals surface area contributed by atoms with E-state index < -0.39 is 0 Å². The van der Waals surface area contributed by atoms with Gasteiger partial charge in [0.15, 0.2) is 0 Å². The van der Waals surface area contributed by atoms with Gasteiger partial charge >= 0.3 is 0 Å². The minimum absolute atomic E-state index is 0.0206. The molecule has 126 valence electrons. The van der Waals surface area contributed by atoms with Crippen LogP contribution in [-0.4, -0.2) is 5.11 Å². The molecule has 3 aromatic rings. The third kappa shape index (κ3) is 2.30. The lowest BCUT2D eigenvalue weighted by Gasteiger charge is -2.22. The molecule has 0 heterocycles. The first kappa shape index (κ1) is 16.0. The maximum absolute atomic E-state index is 10.8. The van der Waals surface area contributed by atoms with Crippen LogP contribution in [-0.2, 0) is 5.41 Å². The number of fused-ring (bicyclic) bond motifs is 3. The maximum atomic E-state index is 10.8. The van der Waals surface area contributed by atoms with Crippen molar-refractivity contribution in [3.05, 3.63) is 77.4 Å². The first-order valence-electron chi connectivity index (χ1n) is 8.98. The molecule has 1 N–H and O–H groups in total. The minimum atomic E-state index is -0.0206. The average Bonchev–Trinajstić information content (AvgIpc) is 2.83. The highest BCUT2D eigenvalue weighted by Crippen LogP contribution is 2.50. The van der Waals surface area contributed by atoms with Gasteiger partial charge in [0.05, 0.1) is 0 Å². The first-order valence-corrected chi connectivity index (χ1v) is 8.98. The van der Waals surface area contributed by atoms with Crippen molar-refractivity contribution in [1.29, 1.82) is 0 Å². The third-order valence-corrected chi connectivity index (χ3v) is 5.58. The highest BCUT2D eigenvalue weighted by Gasteiger charge is 2.35. The molecule has 0 bridgehead atoms. The molecule has 0 atom stereocenters. The average molecular weight is 328 g/mol. The summed E-state index contributed by atoms with van der Waals surface area (Å²) in [7, 11) is 0. The molecule has 0 aromatic heterocycles. The summed E-state index contributed by atoms with van der Waals surface area (Å²) in [5, 5.41) is 10.8. The van der Waals surface area contributed by atoms with Gasteiger partial charge in [0, 0.05) is 11.0 Å². The number of para-hydroxylation sites is 1. The van der Waals surface area contributed by atoms with Crippen LogP contribution in [0.1, 0.15) is 50.3 Å². The van der Waals surface area contributed by atoms with E-state index in [2.05, 4.69) is 70.2 Å². The summed E-state index contributed by atoms with van der Waals surface area (Å²) in [6.45, 7) is 8.79. The normalized spacial score (nSPS) is 14.4. The second kappa shape index (κ2) is 5.49. The van der Waals surface area contributed by atoms with Crippen LogP contribution < -0.4 is 0 Å². The van der Waals surface area contributed by atoms with E-state index in [1.54, 1.807) is 0 Å². The SMILES string of the molecule is CC(C)c1cccc(-c2ccc3c(c2)C(C)(C)c2ccccc2-3)c1O. The quantitative estimate of drug-likeness (QED) is 0.570. The Kier molecular flexibility index (Phi) is 3.50. The number of benzene rings is 3. The number of hydrogen-bond acceptors (Lipinski definition) is 1. The highest BCUT2D eigenvalue weighted by molar-refractivity contribution is 5.84. The molecule has 0 saturated carbocycles. The minimum Gasteiger partial charge on any atom is -0.507 e. The second-order valence-corrected chi connectivity index (χ2v) is 7.83. The second-order valence-electron chi connectivity index (χ2n) is 7.83. The van der Waals surface area contributed by atoms with Crippen LogP contribution in [0, 0.1) is 0 Å². The van der Waals surface area contributed by atoms with Crippen molar-refractivity contribution >= 4 is 0 Å². The van der Waals surface area contributed by atoms with Gasteiger partial charge in [-0.2, -0.15) is 0 Å². The molecule has 25 heavy (non-hydrogen) atoms. The van der Waals surface area contributed by atoms with E-state index >= 15 is 0 Å². The standard InChI is InChI=1S/C24H24O/c1-15(2)17-9-7-10-18(23(17)25)16-12-13-20-19-8-5-6-11-21(19)24(3,4)22(20)14-16/h5-15,25H,1-4H3. The summed E-state index contributed by atoms with van der Waals surface area (Å²) in [6, 6.07) is 21.3. The summed E-state index contributed by atoms with van der Waals surface area (Å²) < 4.78 is 0. The summed E-state index contributed by atoms with van der Waals surface area (Å²) >= 11 is 0. The molecule has 0 amide bonds. The fraction of sp³-hybridized carbons (Fsp3) is 0.250. The van der Waals surface area contributed by atoms with E-state index in [1.807, 2.05) is 18.2 Å². The summed E-state index contributed by atoms with van der Waals surface area (Å²) in [6.07, 6.45) is 0. The summed E-state index contributed by atoms with van der Waals surface area (Å²) in [5.41, 5.74) is 8.33. The van der Waals surface area contributed by atoms with E-state index in [9.17, 15) is 5.11 Å². The zero-order chi connectivity index (χ0) is 17.8. The third-order valence-electron chi connectivity index (χ3n) is 5.58. The van der Waals surface area contributed by atoms with Crippen molar-refractivity contribution in [2.24, 2.45) is 0 Å². The van der Waals surface area contributed by atoms with Crippen LogP contribution in [0.5, 0.6) is 5.75 Å². The molecule has 1 nitrogen and oxygen atoms in total. The van der Waals surface area contributed by atoms with Crippen LogP contribution in [0.3, 0.4) is 0 Å². The molecule has 0 saturated heterocycles. The van der Waals surface area contributed by atoms with Crippen molar-refractivity contribution in [2.45, 2.75) is 39.0 Å². The molecule has 4 rings (SSSR count). The number of aromatic hydroxyl groups is 1. The smallest absolute Gasteiger partial charge is 0.126 e. The van der Waals surface area contributed by atoms with Gasteiger partial charge in [-0.25, -0.2) is 0 Å². The molecule has 0 fully saturated rings. The van der Waals surface area contributed by atoms with Gasteiger partial charge in [-0.15, -0.1) is 0 Å². The zero-order valence-corrected chi connectivity index (χ0v) is 15.3. The lowest BCUT2D eigenvalue weighted by molar-refractivity contribution is 0.467. The molecule has 3 aromatic carbocycles. The van der Waals surface area contributed by atoms with Gasteiger partial charge in [0.25, 0.3) is 0 Å². The number of phenols is 1. The Labute approximate surface area is 150 Å². The predicted octanol–water partition coefficient (Wildman–Crippen LogP) is 6.49. The Bertz CT molecular complexity index is 964. The molecule has 1 aliphatic carbocycles. The first-order chi connectivity index (χ1) is 11.9. The zero-order valence-electron chi connectivity index (χ0n) is 15.3. The van der Waals surface area contributed by atoms with Crippen molar-refractivity contribution in [3.8, 4) is 28.0 Å². The topological polar surface area (TPSA) is 20.2 Å². The van der Waals surface area contributed by atoms with E-state index in [4.69, 9.17) is 0 Å². The van der Waals surface area contributed by atoms with Crippen molar-refractivity contribution in [3.63, 3.8) is 0 Å². The predicted molar refractivity (Wildman–Crippen MR) is 105 cm³/mol. The number of rotatable bonds is 2. The van der Waals surface area contributed by atoms with Crippen LogP contribution in [0.4, 0.5) is 0 Å². The molecular formula is C24H24O. The molecule has 1 aliphatic rings. The Hall–Kier alpha value is -2.54. The molecule has 0 unspecified atom stereocenters. The molecule has 0 radical (unpaired) electrons. The lowest BCUT2D eigenvalue weighted by atomic mass is 9.81. The van der Waals surface area contributed by atoms with E-state index in [0.717, 1.165) is 16.7 Å². The number of phenolic OH excluding ortho intramolecular Hbond substituents is 1. The van der Waals surface area contributed by atoms with Crippen LogP contribution in [0.15, 0.2) is 60.7 Å². The Morgan fingerprint density at radius 3 is 2.20 bits per heavy atom. The van der Waals surface area contributed by atoms with Crippen molar-refractivity contribution in [2.75, 3.05) is 0 Å².